The smallest absolute Gasteiger partial charge is 0.486 e. The predicted octanol–water partition coefficient (Wildman–Crippen LogP) is 8.77. The van der Waals surface area contributed by atoms with Crippen LogP contribution in [-0.2, 0) is 9.47 Å². The van der Waals surface area contributed by atoms with E-state index in [1.165, 1.54) is 0 Å². The third kappa shape index (κ3) is 7.84. The van der Waals surface area contributed by atoms with Gasteiger partial charge in [0.2, 0.25) is 11.5 Å². The standard InChI is InChI=1S/C30H39ClO8/c1-3-17-34-27-25(38-29(32)36-21-11-7-5-8-12-21)23-16-15-20(31)19-24(23)26(28(27)35-18-4-2)39-30(33)37-22-13-9-6-10-14-22/h15-16,19,21-22H,3-14,17-18H2,1-2H3. The second-order valence-electron chi connectivity index (χ2n) is 10.2. The minimum absolute atomic E-state index is 0.112. The molecule has 0 aliphatic heterocycles. The van der Waals surface area contributed by atoms with E-state index in [0.29, 0.717) is 41.9 Å². The zero-order valence-electron chi connectivity index (χ0n) is 22.9. The van der Waals surface area contributed by atoms with Crippen LogP contribution in [-0.4, -0.2) is 37.7 Å². The third-order valence-corrected chi connectivity index (χ3v) is 7.23. The fourth-order valence-corrected chi connectivity index (χ4v) is 5.25. The van der Waals surface area contributed by atoms with Crippen LogP contribution in [0.25, 0.3) is 10.8 Å². The lowest BCUT2D eigenvalue weighted by Gasteiger charge is -2.24. The van der Waals surface area contributed by atoms with Crippen molar-refractivity contribution in [1.82, 2.24) is 0 Å². The first-order valence-electron chi connectivity index (χ1n) is 14.3. The molecule has 0 unspecified atom stereocenters. The number of hydrogen-bond acceptors (Lipinski definition) is 8. The quantitative estimate of drug-likeness (QED) is 0.210. The number of halogens is 1. The van der Waals surface area contributed by atoms with Crippen LogP contribution in [0.3, 0.4) is 0 Å². The fourth-order valence-electron chi connectivity index (χ4n) is 5.08. The van der Waals surface area contributed by atoms with Gasteiger partial charge >= 0.3 is 12.3 Å². The Bertz CT molecular complexity index is 1120. The largest absolute Gasteiger partial charge is 0.514 e. The van der Waals surface area contributed by atoms with E-state index >= 15 is 0 Å². The van der Waals surface area contributed by atoms with Gasteiger partial charge in [0.15, 0.2) is 11.5 Å². The maximum absolute atomic E-state index is 13.0. The molecule has 2 aliphatic carbocycles. The molecule has 214 valence electrons. The van der Waals surface area contributed by atoms with Gasteiger partial charge in [-0.1, -0.05) is 38.3 Å². The van der Waals surface area contributed by atoms with Gasteiger partial charge in [0.25, 0.3) is 0 Å². The summed E-state index contributed by atoms with van der Waals surface area (Å²) in [6.45, 7) is 4.56. The fraction of sp³-hybridized carbons (Fsp3) is 0.600. The highest BCUT2D eigenvalue weighted by molar-refractivity contribution is 6.31. The normalized spacial score (nSPS) is 16.5. The van der Waals surface area contributed by atoms with E-state index in [2.05, 4.69) is 0 Å². The van der Waals surface area contributed by atoms with Crippen LogP contribution < -0.4 is 18.9 Å². The van der Waals surface area contributed by atoms with Crippen LogP contribution in [0.4, 0.5) is 9.59 Å². The van der Waals surface area contributed by atoms with Gasteiger partial charge in [0.1, 0.15) is 12.2 Å². The topological polar surface area (TPSA) is 89.5 Å². The van der Waals surface area contributed by atoms with Crippen molar-refractivity contribution < 1.29 is 38.0 Å². The lowest BCUT2D eigenvalue weighted by Crippen LogP contribution is -2.24. The second kappa shape index (κ2) is 14.5. The highest BCUT2D eigenvalue weighted by atomic mass is 35.5. The van der Waals surface area contributed by atoms with Crippen molar-refractivity contribution in [3.63, 3.8) is 0 Å². The van der Waals surface area contributed by atoms with Crippen LogP contribution in [0.15, 0.2) is 18.2 Å². The molecule has 0 bridgehead atoms. The number of fused-ring (bicyclic) bond motifs is 1. The van der Waals surface area contributed by atoms with Crippen molar-refractivity contribution in [1.29, 1.82) is 0 Å². The average Bonchev–Trinajstić information content (AvgIpc) is 2.93. The number of rotatable bonds is 10. The van der Waals surface area contributed by atoms with Crippen molar-refractivity contribution in [3.05, 3.63) is 23.2 Å². The van der Waals surface area contributed by atoms with Gasteiger partial charge in [-0.25, -0.2) is 9.59 Å². The first-order valence-corrected chi connectivity index (χ1v) is 14.7. The summed E-state index contributed by atoms with van der Waals surface area (Å²) in [5, 5.41) is 1.31. The molecule has 0 amide bonds. The van der Waals surface area contributed by atoms with E-state index in [0.717, 1.165) is 64.2 Å². The Morgan fingerprint density at radius 1 is 0.692 bits per heavy atom. The molecule has 0 radical (unpaired) electrons. The number of ether oxygens (including phenoxy) is 6. The molecule has 0 spiro atoms. The minimum Gasteiger partial charge on any atom is -0.486 e. The Labute approximate surface area is 235 Å². The summed E-state index contributed by atoms with van der Waals surface area (Å²) in [6.07, 6.45) is 8.94. The maximum Gasteiger partial charge on any atom is 0.514 e. The van der Waals surface area contributed by atoms with Gasteiger partial charge in [0, 0.05) is 15.8 Å². The number of carbonyl (C=O) groups excluding carboxylic acids is 2. The van der Waals surface area contributed by atoms with E-state index < -0.39 is 12.3 Å². The zero-order valence-corrected chi connectivity index (χ0v) is 23.7. The Morgan fingerprint density at radius 2 is 1.15 bits per heavy atom. The monoisotopic (exact) mass is 562 g/mol. The predicted molar refractivity (Wildman–Crippen MR) is 148 cm³/mol. The third-order valence-electron chi connectivity index (χ3n) is 6.99. The zero-order chi connectivity index (χ0) is 27.6. The second-order valence-corrected chi connectivity index (χ2v) is 10.6. The summed E-state index contributed by atoms with van der Waals surface area (Å²) >= 11 is 6.37. The molecule has 0 heterocycles. The van der Waals surface area contributed by atoms with E-state index in [1.54, 1.807) is 18.2 Å². The van der Waals surface area contributed by atoms with Crippen molar-refractivity contribution in [2.24, 2.45) is 0 Å². The number of hydrogen-bond donors (Lipinski definition) is 0. The molecule has 0 atom stereocenters. The van der Waals surface area contributed by atoms with Gasteiger partial charge in [0.05, 0.1) is 13.2 Å². The average molecular weight is 563 g/mol. The van der Waals surface area contributed by atoms with Gasteiger partial charge in [-0.2, -0.15) is 0 Å². The number of benzene rings is 2. The van der Waals surface area contributed by atoms with Gasteiger partial charge in [-0.3, -0.25) is 0 Å². The summed E-state index contributed by atoms with van der Waals surface area (Å²) in [4.78, 5) is 25.9. The van der Waals surface area contributed by atoms with Crippen molar-refractivity contribution in [2.75, 3.05) is 13.2 Å². The Kier molecular flexibility index (Phi) is 10.8. The van der Waals surface area contributed by atoms with E-state index in [9.17, 15) is 9.59 Å². The summed E-state index contributed by atoms with van der Waals surface area (Å²) < 4.78 is 35.1. The SMILES string of the molecule is CCCOc1c(OCCC)c(OC(=O)OC2CCCCC2)c2cc(Cl)ccc2c1OC(=O)OC1CCCCC1. The van der Waals surface area contributed by atoms with Crippen molar-refractivity contribution in [2.45, 2.75) is 103 Å². The molecule has 9 heteroatoms. The Hall–Kier alpha value is -2.87. The highest BCUT2D eigenvalue weighted by Gasteiger charge is 2.30. The molecule has 2 aromatic carbocycles. The first-order chi connectivity index (χ1) is 19.0. The van der Waals surface area contributed by atoms with Crippen molar-refractivity contribution >= 4 is 34.7 Å². The lowest BCUT2D eigenvalue weighted by atomic mass is 9.98. The van der Waals surface area contributed by atoms with E-state index in [4.69, 9.17) is 40.0 Å². The molecule has 2 fully saturated rings. The summed E-state index contributed by atoms with van der Waals surface area (Å²) in [5.74, 6) is 0.568. The van der Waals surface area contributed by atoms with E-state index in [-0.39, 0.29) is 35.2 Å². The summed E-state index contributed by atoms with van der Waals surface area (Å²) in [6, 6.07) is 5.01. The molecular formula is C30H39ClO8. The van der Waals surface area contributed by atoms with Gasteiger partial charge in [-0.05, 0) is 82.4 Å². The molecule has 39 heavy (non-hydrogen) atoms. The Morgan fingerprint density at radius 3 is 1.62 bits per heavy atom. The van der Waals surface area contributed by atoms with Crippen LogP contribution in [0.1, 0.15) is 90.9 Å². The molecule has 2 aliphatic rings. The number of carbonyl (C=O) groups is 2. The van der Waals surface area contributed by atoms with Crippen molar-refractivity contribution in [3.8, 4) is 23.0 Å². The maximum atomic E-state index is 13.0. The molecular weight excluding hydrogens is 524 g/mol. The summed E-state index contributed by atoms with van der Waals surface area (Å²) in [5.41, 5.74) is 0. The molecule has 2 aromatic rings. The van der Waals surface area contributed by atoms with E-state index in [1.807, 2.05) is 13.8 Å². The molecule has 0 saturated heterocycles. The minimum atomic E-state index is -0.823. The molecule has 2 saturated carbocycles. The van der Waals surface area contributed by atoms with Crippen LogP contribution >= 0.6 is 11.6 Å². The summed E-state index contributed by atoms with van der Waals surface area (Å²) in [7, 11) is 0. The highest BCUT2D eigenvalue weighted by Crippen LogP contribution is 2.52. The molecule has 8 nitrogen and oxygen atoms in total. The van der Waals surface area contributed by atoms with Gasteiger partial charge in [-0.15, -0.1) is 0 Å². The van der Waals surface area contributed by atoms with Crippen LogP contribution in [0, 0.1) is 0 Å². The molecule has 0 aromatic heterocycles. The Balaban J connectivity index is 1.75. The molecule has 0 N–H and O–H groups in total. The van der Waals surface area contributed by atoms with Crippen LogP contribution in [0.2, 0.25) is 5.02 Å². The van der Waals surface area contributed by atoms with Gasteiger partial charge < -0.3 is 28.4 Å². The first kappa shape index (κ1) is 29.1. The lowest BCUT2D eigenvalue weighted by molar-refractivity contribution is 0.0391. The van der Waals surface area contributed by atoms with Crippen LogP contribution in [0.5, 0.6) is 23.0 Å². The molecule has 4 rings (SSSR count).